The van der Waals surface area contributed by atoms with Crippen molar-refractivity contribution in [2.45, 2.75) is 0 Å². The first-order valence-electron chi connectivity index (χ1n) is 3.33. The molecule has 0 bridgehead atoms. The molecular weight excluding hydrogens is 240 g/mol. The summed E-state index contributed by atoms with van der Waals surface area (Å²) < 4.78 is 5.23. The lowest BCUT2D eigenvalue weighted by Crippen LogP contribution is -1.96. The van der Waals surface area contributed by atoms with E-state index in [1.54, 1.807) is 0 Å². The van der Waals surface area contributed by atoms with Crippen molar-refractivity contribution in [1.29, 1.82) is 0 Å². The molecule has 0 aromatic heterocycles. The van der Waals surface area contributed by atoms with Gasteiger partial charge in [-0.2, -0.15) is 0 Å². The Morgan fingerprint density at radius 3 is 2.69 bits per heavy atom. The summed E-state index contributed by atoms with van der Waals surface area (Å²) in [7, 11) is 1.45. The lowest BCUT2D eigenvalue weighted by atomic mass is 10.2. The van der Waals surface area contributed by atoms with Crippen molar-refractivity contribution in [3.05, 3.63) is 26.7 Å². The lowest BCUT2D eigenvalue weighted by Gasteiger charge is -2.04. The molecule has 5 nitrogen and oxygen atoms in total. The molecule has 0 aliphatic rings. The number of rotatable bonds is 2. The highest BCUT2D eigenvalue weighted by molar-refractivity contribution is 9.10. The number of hydrogen-bond donors (Lipinski definition) is 1. The molecule has 1 aromatic carbocycles. The molecular formula is C7H7BrN2O3. The molecule has 0 saturated carbocycles. The van der Waals surface area contributed by atoms with Gasteiger partial charge in [0, 0.05) is 12.1 Å². The maximum Gasteiger partial charge on any atom is 0.285 e. The van der Waals surface area contributed by atoms with Crippen molar-refractivity contribution >= 4 is 27.3 Å². The summed E-state index contributed by atoms with van der Waals surface area (Å²) >= 11 is 3.05. The van der Waals surface area contributed by atoms with Crippen LogP contribution < -0.4 is 10.5 Å². The first-order valence-corrected chi connectivity index (χ1v) is 4.13. The highest BCUT2D eigenvalue weighted by Crippen LogP contribution is 2.33. The zero-order chi connectivity index (χ0) is 10.0. The van der Waals surface area contributed by atoms with Gasteiger partial charge < -0.3 is 10.5 Å². The van der Waals surface area contributed by atoms with Crippen LogP contribution in [0.4, 0.5) is 11.4 Å². The van der Waals surface area contributed by atoms with Gasteiger partial charge in [-0.1, -0.05) is 0 Å². The van der Waals surface area contributed by atoms with Crippen LogP contribution in [-0.4, -0.2) is 12.0 Å². The maximum absolute atomic E-state index is 10.5. The molecule has 0 saturated heterocycles. The highest BCUT2D eigenvalue weighted by Gasteiger charge is 2.14. The second-order valence-electron chi connectivity index (χ2n) is 2.30. The van der Waals surface area contributed by atoms with Crippen LogP contribution in [-0.2, 0) is 0 Å². The summed E-state index contributed by atoms with van der Waals surface area (Å²) in [5.41, 5.74) is 5.66. The molecule has 0 atom stereocenters. The normalized spacial score (nSPS) is 9.69. The molecule has 0 unspecified atom stereocenters. The van der Waals surface area contributed by atoms with Crippen molar-refractivity contribution in [3.63, 3.8) is 0 Å². The minimum absolute atomic E-state index is 0.0710. The van der Waals surface area contributed by atoms with Crippen LogP contribution >= 0.6 is 15.9 Å². The zero-order valence-electron chi connectivity index (χ0n) is 6.78. The third-order valence-electron chi connectivity index (χ3n) is 1.50. The number of nitrogen functional groups attached to an aromatic ring is 1. The number of ether oxygens (including phenoxy) is 1. The van der Waals surface area contributed by atoms with E-state index in [1.807, 2.05) is 0 Å². The van der Waals surface area contributed by atoms with Crippen LogP contribution in [0.25, 0.3) is 0 Å². The molecule has 0 heterocycles. The highest BCUT2D eigenvalue weighted by atomic mass is 79.9. The average Bonchev–Trinajstić information content (AvgIpc) is 2.07. The van der Waals surface area contributed by atoms with Gasteiger partial charge in [0.15, 0.2) is 0 Å². The largest absolute Gasteiger partial charge is 0.495 e. The fourth-order valence-corrected chi connectivity index (χ4v) is 1.34. The molecule has 0 aliphatic carbocycles. The van der Waals surface area contributed by atoms with Gasteiger partial charge in [0.25, 0.3) is 5.69 Å². The van der Waals surface area contributed by atoms with Crippen molar-refractivity contribution in [2.24, 2.45) is 0 Å². The summed E-state index contributed by atoms with van der Waals surface area (Å²) in [6.07, 6.45) is 0. The summed E-state index contributed by atoms with van der Waals surface area (Å²) in [5.74, 6) is 0.414. The Morgan fingerprint density at radius 1 is 1.62 bits per heavy atom. The molecule has 2 N–H and O–H groups in total. The van der Waals surface area contributed by atoms with Crippen LogP contribution in [0.5, 0.6) is 5.75 Å². The quantitative estimate of drug-likeness (QED) is 0.492. The molecule has 0 spiro atoms. The van der Waals surface area contributed by atoms with Crippen LogP contribution in [0.1, 0.15) is 0 Å². The molecule has 13 heavy (non-hydrogen) atoms. The third-order valence-corrected chi connectivity index (χ3v) is 2.13. The predicted molar refractivity (Wildman–Crippen MR) is 51.8 cm³/mol. The van der Waals surface area contributed by atoms with Crippen molar-refractivity contribution in [2.75, 3.05) is 12.8 Å². The molecule has 0 amide bonds. The van der Waals surface area contributed by atoms with E-state index >= 15 is 0 Å². The summed E-state index contributed by atoms with van der Waals surface area (Å²) in [4.78, 5) is 9.94. The molecule has 1 aromatic rings. The second-order valence-corrected chi connectivity index (χ2v) is 3.16. The Bertz CT molecular complexity index is 354. The van der Waals surface area contributed by atoms with E-state index in [-0.39, 0.29) is 11.4 Å². The van der Waals surface area contributed by atoms with E-state index in [0.717, 1.165) is 0 Å². The Labute approximate surface area is 82.8 Å². The topological polar surface area (TPSA) is 78.4 Å². The molecule has 6 heteroatoms. The van der Waals surface area contributed by atoms with E-state index in [2.05, 4.69) is 15.9 Å². The number of nitrogens with zero attached hydrogens (tertiary/aromatic N) is 1. The molecule has 70 valence electrons. The first kappa shape index (κ1) is 9.79. The summed E-state index contributed by atoms with van der Waals surface area (Å²) in [6.45, 7) is 0. The van der Waals surface area contributed by atoms with E-state index in [4.69, 9.17) is 10.5 Å². The number of nitro groups is 1. The minimum atomic E-state index is -0.514. The second kappa shape index (κ2) is 3.61. The van der Waals surface area contributed by atoms with Gasteiger partial charge in [0.05, 0.1) is 22.2 Å². The maximum atomic E-state index is 10.5. The number of hydrogen-bond acceptors (Lipinski definition) is 4. The van der Waals surface area contributed by atoms with Gasteiger partial charge >= 0.3 is 0 Å². The monoisotopic (exact) mass is 246 g/mol. The van der Waals surface area contributed by atoms with Crippen LogP contribution in [0.2, 0.25) is 0 Å². The third kappa shape index (κ3) is 1.89. The van der Waals surface area contributed by atoms with Crippen molar-refractivity contribution in [1.82, 2.24) is 0 Å². The van der Waals surface area contributed by atoms with E-state index in [9.17, 15) is 10.1 Å². The van der Waals surface area contributed by atoms with Crippen LogP contribution in [0.15, 0.2) is 16.6 Å². The fourth-order valence-electron chi connectivity index (χ4n) is 0.876. The van der Waals surface area contributed by atoms with Gasteiger partial charge in [-0.3, -0.25) is 10.1 Å². The van der Waals surface area contributed by atoms with Gasteiger partial charge in [-0.25, -0.2) is 0 Å². The van der Waals surface area contributed by atoms with E-state index < -0.39 is 4.92 Å². The number of anilines is 1. The van der Waals surface area contributed by atoms with Crippen LogP contribution in [0.3, 0.4) is 0 Å². The molecule has 0 radical (unpaired) electrons. The molecule has 0 fully saturated rings. The zero-order valence-corrected chi connectivity index (χ0v) is 8.37. The van der Waals surface area contributed by atoms with Crippen molar-refractivity contribution in [3.8, 4) is 5.75 Å². The lowest BCUT2D eigenvalue weighted by molar-refractivity contribution is -0.385. The Kier molecular flexibility index (Phi) is 2.72. The van der Waals surface area contributed by atoms with Gasteiger partial charge in [0.2, 0.25) is 0 Å². The van der Waals surface area contributed by atoms with Crippen molar-refractivity contribution < 1.29 is 9.66 Å². The molecule has 0 aliphatic heterocycles. The smallest absolute Gasteiger partial charge is 0.285 e. The number of benzene rings is 1. The Hall–Kier alpha value is -1.30. The number of halogens is 1. The van der Waals surface area contributed by atoms with Gasteiger partial charge in [-0.05, 0) is 15.9 Å². The van der Waals surface area contributed by atoms with Crippen LogP contribution in [0, 0.1) is 10.1 Å². The standard InChI is InChI=1S/C7H7BrN2O3/c1-13-7-2-4(8)6(10(11)12)3-5(7)9/h2-3H,9H2,1H3. The van der Waals surface area contributed by atoms with Gasteiger partial charge in [0.1, 0.15) is 5.75 Å². The van der Waals surface area contributed by atoms with Gasteiger partial charge in [-0.15, -0.1) is 0 Å². The number of methoxy groups -OCH3 is 1. The summed E-state index contributed by atoms with van der Waals surface area (Å²) in [5, 5.41) is 10.5. The average molecular weight is 247 g/mol. The predicted octanol–water partition coefficient (Wildman–Crippen LogP) is 1.95. The molecule has 1 rings (SSSR count). The van der Waals surface area contributed by atoms with E-state index in [1.165, 1.54) is 19.2 Å². The SMILES string of the molecule is COc1cc(Br)c([N+](=O)[O-])cc1N. The number of nitro benzene ring substituents is 1. The Balaban J connectivity index is 3.28. The number of nitrogens with two attached hydrogens (primary N) is 1. The van der Waals surface area contributed by atoms with E-state index in [0.29, 0.717) is 10.2 Å². The fraction of sp³-hybridized carbons (Fsp3) is 0.143. The first-order chi connectivity index (χ1) is 6.06. The minimum Gasteiger partial charge on any atom is -0.495 e. The Morgan fingerprint density at radius 2 is 2.23 bits per heavy atom. The summed E-state index contributed by atoms with van der Waals surface area (Å²) in [6, 6.07) is 2.72.